The van der Waals surface area contributed by atoms with Gasteiger partial charge < -0.3 is 15.3 Å². The van der Waals surface area contributed by atoms with Gasteiger partial charge in [0, 0.05) is 6.42 Å². The molecule has 0 heterocycles. The lowest BCUT2D eigenvalue weighted by atomic mass is 9.69. The van der Waals surface area contributed by atoms with Gasteiger partial charge in [0.1, 0.15) is 6.10 Å². The molecule has 5 nitrogen and oxygen atoms in total. The van der Waals surface area contributed by atoms with Crippen LogP contribution in [0.1, 0.15) is 47.0 Å². The van der Waals surface area contributed by atoms with Gasteiger partial charge in [-0.1, -0.05) is 23.8 Å². The first-order chi connectivity index (χ1) is 10.6. The molecule has 0 unspecified atom stereocenters. The molecule has 0 spiro atoms. The summed E-state index contributed by atoms with van der Waals surface area (Å²) < 4.78 is 0. The highest BCUT2D eigenvalue weighted by atomic mass is 16.4. The Hall–Kier alpha value is -1.72. The first kappa shape index (κ1) is 19.3. The molecule has 0 aromatic carbocycles. The molecule has 1 aliphatic rings. The molecule has 0 aromatic heterocycles. The van der Waals surface area contributed by atoms with E-state index >= 15 is 0 Å². The minimum absolute atomic E-state index is 0.122. The zero-order valence-corrected chi connectivity index (χ0v) is 14.2. The largest absolute Gasteiger partial charge is 0.481 e. The predicted molar refractivity (Wildman–Crippen MR) is 87.9 cm³/mol. The van der Waals surface area contributed by atoms with E-state index in [4.69, 9.17) is 0 Å². The molecular weight excluding hydrogens is 296 g/mol. The van der Waals surface area contributed by atoms with Crippen LogP contribution < -0.4 is 0 Å². The molecule has 3 atom stereocenters. The van der Waals surface area contributed by atoms with Gasteiger partial charge in [0.2, 0.25) is 0 Å². The van der Waals surface area contributed by atoms with E-state index in [1.54, 1.807) is 26.0 Å². The summed E-state index contributed by atoms with van der Waals surface area (Å²) >= 11 is 0. The maximum atomic E-state index is 12.0. The Kier molecular flexibility index (Phi) is 6.47. The molecule has 0 aromatic rings. The summed E-state index contributed by atoms with van der Waals surface area (Å²) in [5.41, 5.74) is 0.371. The van der Waals surface area contributed by atoms with Crippen LogP contribution in [0.3, 0.4) is 0 Å². The quantitative estimate of drug-likeness (QED) is 0.653. The molecule has 0 aliphatic heterocycles. The Balaban J connectivity index is 3.08. The minimum Gasteiger partial charge on any atom is -0.481 e. The van der Waals surface area contributed by atoms with Gasteiger partial charge in [-0.25, -0.2) is 0 Å². The number of carboxylic acid groups (broad SMARTS) is 1. The maximum absolute atomic E-state index is 12.0. The fraction of sp³-hybridized carbons (Fsp3) is 0.556. The minimum atomic E-state index is -1.28. The first-order valence-corrected chi connectivity index (χ1v) is 7.79. The SMILES string of the molecule is CC1=C(/C=C/C(C)=C\CC[C@H](C)O)[C@@](C)(C(=O)O)C[C@H](O)C1=O. The number of ketones is 1. The standard InChI is InChI=1S/C18H26O5/c1-11(6-5-7-12(2)19)8-9-14-13(3)16(21)15(20)10-18(14,4)17(22)23/h6,8-9,12,15,19-20H,5,7,10H2,1-4H3,(H,22,23)/b9-8+,11-6-/t12-,15-,18-/m0/s1. The number of aliphatic hydroxyl groups excluding tert-OH is 2. The average Bonchev–Trinajstić information content (AvgIpc) is 2.44. The monoisotopic (exact) mass is 322 g/mol. The molecule has 0 radical (unpaired) electrons. The van der Waals surface area contributed by atoms with Crippen molar-refractivity contribution in [2.75, 3.05) is 0 Å². The number of carboxylic acids is 1. The highest BCUT2D eigenvalue weighted by molar-refractivity contribution is 6.02. The van der Waals surface area contributed by atoms with E-state index in [-0.39, 0.29) is 12.5 Å². The van der Waals surface area contributed by atoms with Gasteiger partial charge in [0.05, 0.1) is 11.5 Å². The Morgan fingerprint density at radius 2 is 2.09 bits per heavy atom. The summed E-state index contributed by atoms with van der Waals surface area (Å²) in [6, 6.07) is 0. The average molecular weight is 322 g/mol. The number of carbonyl (C=O) groups is 2. The van der Waals surface area contributed by atoms with E-state index in [1.807, 2.05) is 13.0 Å². The van der Waals surface area contributed by atoms with E-state index in [1.165, 1.54) is 6.92 Å². The lowest BCUT2D eigenvalue weighted by molar-refractivity contribution is -0.148. The highest BCUT2D eigenvalue weighted by Crippen LogP contribution is 2.40. The summed E-state index contributed by atoms with van der Waals surface area (Å²) in [6.45, 7) is 6.69. The van der Waals surface area contributed by atoms with Crippen molar-refractivity contribution in [3.63, 3.8) is 0 Å². The van der Waals surface area contributed by atoms with Crippen LogP contribution in [-0.4, -0.2) is 39.3 Å². The second-order valence-corrected chi connectivity index (χ2v) is 6.47. The van der Waals surface area contributed by atoms with Crippen molar-refractivity contribution < 1.29 is 24.9 Å². The van der Waals surface area contributed by atoms with Crippen LogP contribution >= 0.6 is 0 Å². The van der Waals surface area contributed by atoms with Crippen LogP contribution in [0.2, 0.25) is 0 Å². The number of allylic oxidation sites excluding steroid dienone is 4. The second-order valence-electron chi connectivity index (χ2n) is 6.47. The summed E-state index contributed by atoms with van der Waals surface area (Å²) in [7, 11) is 0. The Morgan fingerprint density at radius 1 is 1.48 bits per heavy atom. The number of hydrogen-bond acceptors (Lipinski definition) is 4. The molecule has 128 valence electrons. The van der Waals surface area contributed by atoms with Gasteiger partial charge in [-0.05, 0) is 51.7 Å². The van der Waals surface area contributed by atoms with E-state index in [0.717, 1.165) is 12.0 Å². The number of aliphatic carboxylic acids is 1. The number of Topliss-reactive ketones (excluding diaryl/α,β-unsaturated/α-hetero) is 1. The number of hydrogen-bond donors (Lipinski definition) is 3. The summed E-state index contributed by atoms with van der Waals surface area (Å²) in [6.07, 6.45) is 5.01. The maximum Gasteiger partial charge on any atom is 0.313 e. The molecule has 23 heavy (non-hydrogen) atoms. The van der Waals surface area contributed by atoms with Gasteiger partial charge in [-0.2, -0.15) is 0 Å². The molecule has 3 N–H and O–H groups in total. The third-order valence-electron chi connectivity index (χ3n) is 4.31. The van der Waals surface area contributed by atoms with Crippen LogP contribution in [0.5, 0.6) is 0 Å². The molecule has 1 rings (SSSR count). The summed E-state index contributed by atoms with van der Waals surface area (Å²) in [4.78, 5) is 23.6. The van der Waals surface area contributed by atoms with Gasteiger partial charge in [-0.3, -0.25) is 9.59 Å². The van der Waals surface area contributed by atoms with E-state index in [9.17, 15) is 24.9 Å². The van der Waals surface area contributed by atoms with Crippen LogP contribution in [-0.2, 0) is 9.59 Å². The third kappa shape index (κ3) is 4.62. The van der Waals surface area contributed by atoms with Crippen molar-refractivity contribution in [1.29, 1.82) is 0 Å². The Bertz CT molecular complexity index is 568. The van der Waals surface area contributed by atoms with E-state index in [0.29, 0.717) is 17.6 Å². The van der Waals surface area contributed by atoms with Crippen LogP contribution in [0.4, 0.5) is 0 Å². The molecular formula is C18H26O5. The predicted octanol–water partition coefficient (Wildman–Crippen LogP) is 2.39. The van der Waals surface area contributed by atoms with Gasteiger partial charge >= 0.3 is 5.97 Å². The number of carbonyl (C=O) groups excluding carboxylic acids is 1. The fourth-order valence-electron chi connectivity index (χ4n) is 2.73. The molecule has 1 aliphatic carbocycles. The van der Waals surface area contributed by atoms with Crippen molar-refractivity contribution in [2.24, 2.45) is 5.41 Å². The smallest absolute Gasteiger partial charge is 0.313 e. The molecule has 0 amide bonds. The molecule has 0 bridgehead atoms. The van der Waals surface area contributed by atoms with E-state index < -0.39 is 23.3 Å². The number of rotatable bonds is 6. The molecule has 0 saturated heterocycles. The van der Waals surface area contributed by atoms with E-state index in [2.05, 4.69) is 0 Å². The van der Waals surface area contributed by atoms with Crippen molar-refractivity contribution >= 4 is 11.8 Å². The van der Waals surface area contributed by atoms with Crippen LogP contribution in [0.15, 0.2) is 34.9 Å². The third-order valence-corrected chi connectivity index (χ3v) is 4.31. The van der Waals surface area contributed by atoms with Crippen LogP contribution in [0, 0.1) is 5.41 Å². The van der Waals surface area contributed by atoms with Gasteiger partial charge in [-0.15, -0.1) is 0 Å². The first-order valence-electron chi connectivity index (χ1n) is 7.79. The summed E-state index contributed by atoms with van der Waals surface area (Å²) in [5, 5.41) is 28.6. The molecule has 0 fully saturated rings. The Labute approximate surface area is 137 Å². The van der Waals surface area contributed by atoms with Crippen molar-refractivity contribution in [2.45, 2.75) is 59.2 Å². The van der Waals surface area contributed by atoms with Crippen molar-refractivity contribution in [3.8, 4) is 0 Å². The fourth-order valence-corrected chi connectivity index (χ4v) is 2.73. The van der Waals surface area contributed by atoms with Crippen molar-refractivity contribution in [1.82, 2.24) is 0 Å². The lowest BCUT2D eigenvalue weighted by Gasteiger charge is -2.34. The zero-order valence-electron chi connectivity index (χ0n) is 14.2. The molecule has 0 saturated carbocycles. The number of aliphatic hydroxyl groups is 2. The lowest BCUT2D eigenvalue weighted by Crippen LogP contribution is -2.42. The Morgan fingerprint density at radius 3 is 2.61 bits per heavy atom. The van der Waals surface area contributed by atoms with Gasteiger partial charge in [0.25, 0.3) is 0 Å². The van der Waals surface area contributed by atoms with Crippen molar-refractivity contribution in [3.05, 3.63) is 34.9 Å². The molecule has 5 heteroatoms. The highest BCUT2D eigenvalue weighted by Gasteiger charge is 2.45. The normalized spacial score (nSPS) is 27.7. The zero-order chi connectivity index (χ0) is 17.8. The summed E-state index contributed by atoms with van der Waals surface area (Å²) in [5.74, 6) is -1.47. The second kappa shape index (κ2) is 7.70. The van der Waals surface area contributed by atoms with Crippen LogP contribution in [0.25, 0.3) is 0 Å². The van der Waals surface area contributed by atoms with Gasteiger partial charge in [0.15, 0.2) is 5.78 Å². The topological polar surface area (TPSA) is 94.8 Å².